The van der Waals surface area contributed by atoms with Gasteiger partial charge in [-0.05, 0) is 25.7 Å². The smallest absolute Gasteiger partial charge is 0.243 e. The zero-order chi connectivity index (χ0) is 12.1. The molecule has 0 saturated carbocycles. The molecule has 0 aromatic carbocycles. The van der Waals surface area contributed by atoms with Gasteiger partial charge in [0.1, 0.15) is 0 Å². The Kier molecular flexibility index (Phi) is 3.85. The number of allylic oxidation sites excluding steroid dienone is 2. The summed E-state index contributed by atoms with van der Waals surface area (Å²) in [6, 6.07) is 0. The number of rotatable bonds is 4. The van der Waals surface area contributed by atoms with E-state index in [4.69, 9.17) is 4.74 Å². The maximum absolute atomic E-state index is 12.1. The minimum atomic E-state index is -0.0110. The van der Waals surface area contributed by atoms with Crippen molar-refractivity contribution in [2.24, 2.45) is 0 Å². The van der Waals surface area contributed by atoms with Crippen LogP contribution in [0.25, 0.3) is 0 Å². The molecule has 4 nitrogen and oxygen atoms in total. The van der Waals surface area contributed by atoms with Crippen molar-refractivity contribution in [1.82, 2.24) is 9.97 Å². The van der Waals surface area contributed by atoms with Crippen LogP contribution < -0.4 is 4.74 Å². The first-order valence-electron chi connectivity index (χ1n) is 5.87. The van der Waals surface area contributed by atoms with Crippen LogP contribution in [0.2, 0.25) is 0 Å². The molecule has 4 heteroatoms. The van der Waals surface area contributed by atoms with E-state index in [1.54, 1.807) is 0 Å². The van der Waals surface area contributed by atoms with Crippen molar-refractivity contribution in [2.75, 3.05) is 7.11 Å². The van der Waals surface area contributed by atoms with Crippen molar-refractivity contribution < 1.29 is 9.53 Å². The molecule has 1 aromatic heterocycles. The van der Waals surface area contributed by atoms with E-state index in [2.05, 4.69) is 16.0 Å². The third-order valence-electron chi connectivity index (χ3n) is 2.89. The second-order valence-corrected chi connectivity index (χ2v) is 4.12. The number of Topliss-reactive ketones (excluding diaryl/α,β-unsaturated/α-hetero) is 1. The minimum absolute atomic E-state index is 0.0110. The molecule has 0 bridgehead atoms. The molecule has 0 N–H and O–H groups in total. The first kappa shape index (κ1) is 11.8. The number of nitrogens with zero attached hydrogens (tertiary/aromatic N) is 2. The lowest BCUT2D eigenvalue weighted by Gasteiger charge is -2.12. The summed E-state index contributed by atoms with van der Waals surface area (Å²) in [7, 11) is 1.50. The van der Waals surface area contributed by atoms with Crippen LogP contribution in [0.1, 0.15) is 42.6 Å². The van der Waals surface area contributed by atoms with Crippen molar-refractivity contribution in [3.63, 3.8) is 0 Å². The normalized spacial score (nSPS) is 15.2. The van der Waals surface area contributed by atoms with Crippen molar-refractivity contribution >= 4 is 5.78 Å². The summed E-state index contributed by atoms with van der Waals surface area (Å²) in [5, 5.41) is 0. The van der Waals surface area contributed by atoms with Gasteiger partial charge in [-0.3, -0.25) is 4.79 Å². The Balaban J connectivity index is 2.11. The van der Waals surface area contributed by atoms with Crippen LogP contribution in [0.15, 0.2) is 24.0 Å². The number of ketones is 1. The second-order valence-electron chi connectivity index (χ2n) is 4.12. The predicted molar refractivity (Wildman–Crippen MR) is 64.1 cm³/mol. The highest BCUT2D eigenvalue weighted by molar-refractivity contribution is 5.97. The van der Waals surface area contributed by atoms with Gasteiger partial charge in [0.25, 0.3) is 0 Å². The summed E-state index contributed by atoms with van der Waals surface area (Å²) in [4.78, 5) is 20.1. The van der Waals surface area contributed by atoms with Gasteiger partial charge < -0.3 is 4.74 Å². The fraction of sp³-hybridized carbons (Fsp3) is 0.462. The Morgan fingerprint density at radius 3 is 2.88 bits per heavy atom. The fourth-order valence-corrected chi connectivity index (χ4v) is 2.02. The third-order valence-corrected chi connectivity index (χ3v) is 2.89. The summed E-state index contributed by atoms with van der Waals surface area (Å²) >= 11 is 0. The van der Waals surface area contributed by atoms with Gasteiger partial charge in [0, 0.05) is 18.8 Å². The van der Waals surface area contributed by atoms with Crippen molar-refractivity contribution in [3.05, 3.63) is 29.7 Å². The standard InChI is InChI=1S/C13H16N2O2/c1-17-13-12(14-7-8-15-13)11(16)9-10-5-3-2-4-6-10/h5,7-8H,2-4,6,9H2,1H3. The van der Waals surface area contributed by atoms with E-state index in [-0.39, 0.29) is 5.78 Å². The van der Waals surface area contributed by atoms with E-state index in [9.17, 15) is 4.79 Å². The number of methoxy groups -OCH3 is 1. The predicted octanol–water partition coefficient (Wildman–Crippen LogP) is 2.56. The van der Waals surface area contributed by atoms with Crippen LogP contribution in [-0.4, -0.2) is 22.9 Å². The number of hydrogen-bond donors (Lipinski definition) is 0. The van der Waals surface area contributed by atoms with Crippen molar-refractivity contribution in [1.29, 1.82) is 0 Å². The molecule has 1 aliphatic carbocycles. The van der Waals surface area contributed by atoms with Gasteiger partial charge in [-0.25, -0.2) is 9.97 Å². The SMILES string of the molecule is COc1nccnc1C(=O)CC1=CCCCC1. The minimum Gasteiger partial charge on any atom is -0.479 e. The van der Waals surface area contributed by atoms with Gasteiger partial charge in [0.15, 0.2) is 11.5 Å². The summed E-state index contributed by atoms with van der Waals surface area (Å²) in [6.07, 6.45) is 10.2. The molecular weight excluding hydrogens is 216 g/mol. The van der Waals surface area contributed by atoms with Gasteiger partial charge in [-0.2, -0.15) is 0 Å². The van der Waals surface area contributed by atoms with Crippen LogP contribution in [0.5, 0.6) is 5.88 Å². The molecular formula is C13H16N2O2. The molecule has 2 rings (SSSR count). The first-order valence-corrected chi connectivity index (χ1v) is 5.87. The quantitative estimate of drug-likeness (QED) is 0.591. The van der Waals surface area contributed by atoms with Crippen LogP contribution in [-0.2, 0) is 0 Å². The Bertz CT molecular complexity index is 441. The molecule has 0 aliphatic heterocycles. The highest BCUT2D eigenvalue weighted by Crippen LogP contribution is 2.23. The van der Waals surface area contributed by atoms with Crippen molar-refractivity contribution in [2.45, 2.75) is 32.1 Å². The molecule has 1 aliphatic rings. The Morgan fingerprint density at radius 2 is 2.18 bits per heavy atom. The molecule has 1 aromatic rings. The van der Waals surface area contributed by atoms with E-state index in [1.165, 1.54) is 37.9 Å². The number of ether oxygens (including phenoxy) is 1. The monoisotopic (exact) mass is 232 g/mol. The first-order chi connectivity index (χ1) is 8.31. The Morgan fingerprint density at radius 1 is 1.35 bits per heavy atom. The van der Waals surface area contributed by atoms with Crippen LogP contribution in [0.4, 0.5) is 0 Å². The van der Waals surface area contributed by atoms with Gasteiger partial charge in [-0.15, -0.1) is 0 Å². The summed E-state index contributed by atoms with van der Waals surface area (Å²) in [5.41, 5.74) is 1.55. The lowest BCUT2D eigenvalue weighted by atomic mass is 9.95. The zero-order valence-corrected chi connectivity index (χ0v) is 9.98. The van der Waals surface area contributed by atoms with Crippen molar-refractivity contribution in [3.8, 4) is 5.88 Å². The van der Waals surface area contributed by atoms with Crippen LogP contribution in [0.3, 0.4) is 0 Å². The van der Waals surface area contributed by atoms with E-state index < -0.39 is 0 Å². The van der Waals surface area contributed by atoms with Crippen LogP contribution >= 0.6 is 0 Å². The Labute approximate surface area is 101 Å². The summed E-state index contributed by atoms with van der Waals surface area (Å²) < 4.78 is 5.04. The van der Waals surface area contributed by atoms with Gasteiger partial charge in [0.2, 0.25) is 5.88 Å². The zero-order valence-electron chi connectivity index (χ0n) is 9.98. The largest absolute Gasteiger partial charge is 0.479 e. The van der Waals surface area contributed by atoms with E-state index in [0.717, 1.165) is 12.8 Å². The second kappa shape index (κ2) is 5.57. The number of carbonyl (C=O) groups excluding carboxylic acids is 1. The highest BCUT2D eigenvalue weighted by Gasteiger charge is 2.17. The fourth-order valence-electron chi connectivity index (χ4n) is 2.02. The maximum Gasteiger partial charge on any atom is 0.243 e. The average Bonchev–Trinajstić information content (AvgIpc) is 2.40. The topological polar surface area (TPSA) is 52.1 Å². The molecule has 1 heterocycles. The molecule has 0 atom stereocenters. The third kappa shape index (κ3) is 2.90. The maximum atomic E-state index is 12.1. The molecule has 0 radical (unpaired) electrons. The Hall–Kier alpha value is -1.71. The molecule has 0 fully saturated rings. The lowest BCUT2D eigenvalue weighted by molar-refractivity contribution is 0.0982. The molecule has 0 spiro atoms. The number of hydrogen-bond acceptors (Lipinski definition) is 4. The summed E-state index contributed by atoms with van der Waals surface area (Å²) in [5.74, 6) is 0.303. The lowest BCUT2D eigenvalue weighted by Crippen LogP contribution is -2.08. The molecule has 0 saturated heterocycles. The van der Waals surface area contributed by atoms with E-state index >= 15 is 0 Å². The van der Waals surface area contributed by atoms with E-state index in [1.807, 2.05) is 0 Å². The van der Waals surface area contributed by atoms with Crippen LogP contribution in [0, 0.1) is 0 Å². The molecule has 0 amide bonds. The highest BCUT2D eigenvalue weighted by atomic mass is 16.5. The molecule has 17 heavy (non-hydrogen) atoms. The van der Waals surface area contributed by atoms with Gasteiger partial charge >= 0.3 is 0 Å². The van der Waals surface area contributed by atoms with Gasteiger partial charge in [-0.1, -0.05) is 11.6 Å². The number of carbonyl (C=O) groups is 1. The number of aromatic nitrogens is 2. The van der Waals surface area contributed by atoms with Gasteiger partial charge in [0.05, 0.1) is 7.11 Å². The molecule has 0 unspecified atom stereocenters. The summed E-state index contributed by atoms with van der Waals surface area (Å²) in [6.45, 7) is 0. The van der Waals surface area contributed by atoms with E-state index in [0.29, 0.717) is 18.0 Å². The molecule has 90 valence electrons. The average molecular weight is 232 g/mol.